The number of benzene rings is 1. The van der Waals surface area contributed by atoms with Crippen molar-refractivity contribution in [2.75, 3.05) is 6.54 Å². The summed E-state index contributed by atoms with van der Waals surface area (Å²) in [6.07, 6.45) is 2.91. The second kappa shape index (κ2) is 6.35. The molecule has 2 unspecified atom stereocenters. The fourth-order valence-electron chi connectivity index (χ4n) is 2.45. The molecule has 2 atom stereocenters. The van der Waals surface area contributed by atoms with Gasteiger partial charge >= 0.3 is 0 Å². The first kappa shape index (κ1) is 13.6. The van der Waals surface area contributed by atoms with Crippen LogP contribution in [0.2, 0.25) is 0 Å². The Morgan fingerprint density at radius 2 is 2.11 bits per heavy atom. The summed E-state index contributed by atoms with van der Waals surface area (Å²) in [6, 6.07) is 9.06. The molecule has 1 aromatic rings. The fourth-order valence-corrected chi connectivity index (χ4v) is 2.45. The second-order valence-corrected chi connectivity index (χ2v) is 5.05. The number of rotatable bonds is 4. The van der Waals surface area contributed by atoms with Crippen molar-refractivity contribution in [2.24, 2.45) is 5.92 Å². The standard InChI is InChI=1S/C15H18N2O2/c16-9-12-6-4-11(5-7-12)8-15(19)17-10-13-2-1-3-14(13)18/h4-7,13-14,18H,1-3,8,10H2,(H,17,19). The molecule has 2 rings (SSSR count). The van der Waals surface area contributed by atoms with Gasteiger partial charge in [0.05, 0.1) is 24.2 Å². The Kier molecular flexibility index (Phi) is 4.53. The summed E-state index contributed by atoms with van der Waals surface area (Å²) < 4.78 is 0. The molecule has 1 aliphatic carbocycles. The number of nitrogens with one attached hydrogen (secondary N) is 1. The highest BCUT2D eigenvalue weighted by atomic mass is 16.3. The molecule has 0 bridgehead atoms. The van der Waals surface area contributed by atoms with Gasteiger partial charge < -0.3 is 10.4 Å². The summed E-state index contributed by atoms with van der Waals surface area (Å²) in [5.74, 6) is 0.161. The smallest absolute Gasteiger partial charge is 0.224 e. The molecule has 0 spiro atoms. The van der Waals surface area contributed by atoms with Gasteiger partial charge in [-0.2, -0.15) is 5.26 Å². The lowest BCUT2D eigenvalue weighted by molar-refractivity contribution is -0.120. The molecule has 2 N–H and O–H groups in total. The number of aliphatic hydroxyl groups is 1. The van der Waals surface area contributed by atoms with Crippen molar-refractivity contribution >= 4 is 5.91 Å². The monoisotopic (exact) mass is 258 g/mol. The predicted molar refractivity (Wildman–Crippen MR) is 71.2 cm³/mol. The van der Waals surface area contributed by atoms with E-state index in [2.05, 4.69) is 5.32 Å². The molecule has 1 fully saturated rings. The van der Waals surface area contributed by atoms with E-state index < -0.39 is 0 Å². The van der Waals surface area contributed by atoms with Crippen LogP contribution in [-0.2, 0) is 11.2 Å². The van der Waals surface area contributed by atoms with E-state index in [0.29, 0.717) is 18.5 Å². The number of carbonyl (C=O) groups is 1. The van der Waals surface area contributed by atoms with E-state index in [4.69, 9.17) is 5.26 Å². The topological polar surface area (TPSA) is 73.1 Å². The van der Waals surface area contributed by atoms with E-state index in [0.717, 1.165) is 24.8 Å². The minimum atomic E-state index is -0.268. The van der Waals surface area contributed by atoms with Crippen molar-refractivity contribution in [1.82, 2.24) is 5.32 Å². The molecule has 0 heterocycles. The van der Waals surface area contributed by atoms with Gasteiger partial charge in [0.15, 0.2) is 0 Å². The Morgan fingerprint density at radius 1 is 1.37 bits per heavy atom. The maximum Gasteiger partial charge on any atom is 0.224 e. The van der Waals surface area contributed by atoms with E-state index in [-0.39, 0.29) is 17.9 Å². The third kappa shape index (κ3) is 3.80. The van der Waals surface area contributed by atoms with E-state index in [1.54, 1.807) is 24.3 Å². The number of nitriles is 1. The normalized spacial score (nSPS) is 21.9. The second-order valence-electron chi connectivity index (χ2n) is 5.05. The van der Waals surface area contributed by atoms with Gasteiger partial charge in [0.2, 0.25) is 5.91 Å². The molecule has 1 aliphatic rings. The maximum absolute atomic E-state index is 11.8. The highest BCUT2D eigenvalue weighted by Crippen LogP contribution is 2.24. The summed E-state index contributed by atoms with van der Waals surface area (Å²) in [5.41, 5.74) is 1.49. The van der Waals surface area contributed by atoms with Crippen LogP contribution in [0.5, 0.6) is 0 Å². The van der Waals surface area contributed by atoms with E-state index >= 15 is 0 Å². The van der Waals surface area contributed by atoms with Gasteiger partial charge in [-0.15, -0.1) is 0 Å². The van der Waals surface area contributed by atoms with Crippen LogP contribution in [0, 0.1) is 17.2 Å². The molecule has 0 aliphatic heterocycles. The summed E-state index contributed by atoms with van der Waals surface area (Å²) in [7, 11) is 0. The molecule has 19 heavy (non-hydrogen) atoms. The van der Waals surface area contributed by atoms with Crippen molar-refractivity contribution in [3.05, 3.63) is 35.4 Å². The van der Waals surface area contributed by atoms with Crippen molar-refractivity contribution < 1.29 is 9.90 Å². The highest BCUT2D eigenvalue weighted by Gasteiger charge is 2.25. The predicted octanol–water partition coefficient (Wildman–Crippen LogP) is 1.38. The third-order valence-electron chi connectivity index (χ3n) is 3.63. The number of amides is 1. The van der Waals surface area contributed by atoms with Crippen LogP contribution in [0.1, 0.15) is 30.4 Å². The Bertz CT molecular complexity index is 476. The largest absolute Gasteiger partial charge is 0.393 e. The Balaban J connectivity index is 1.79. The summed E-state index contributed by atoms with van der Waals surface area (Å²) in [5, 5.41) is 21.2. The molecule has 1 amide bonds. The molecular formula is C15H18N2O2. The molecule has 4 nitrogen and oxygen atoms in total. The van der Waals surface area contributed by atoms with Crippen LogP contribution < -0.4 is 5.32 Å². The average Bonchev–Trinajstić information content (AvgIpc) is 2.83. The molecule has 1 saturated carbocycles. The molecular weight excluding hydrogens is 240 g/mol. The SMILES string of the molecule is N#Cc1ccc(CC(=O)NCC2CCCC2O)cc1. The summed E-state index contributed by atoms with van der Waals surface area (Å²) in [6.45, 7) is 0.552. The van der Waals surface area contributed by atoms with Gasteiger partial charge in [0, 0.05) is 12.5 Å². The molecule has 0 aromatic heterocycles. The summed E-state index contributed by atoms with van der Waals surface area (Å²) in [4.78, 5) is 11.8. The molecule has 0 saturated heterocycles. The number of hydrogen-bond acceptors (Lipinski definition) is 3. The van der Waals surface area contributed by atoms with Crippen molar-refractivity contribution in [3.63, 3.8) is 0 Å². The lowest BCUT2D eigenvalue weighted by Crippen LogP contribution is -2.33. The van der Waals surface area contributed by atoms with Crippen molar-refractivity contribution in [2.45, 2.75) is 31.8 Å². The van der Waals surface area contributed by atoms with Crippen LogP contribution in [0.4, 0.5) is 0 Å². The Labute approximate surface area is 113 Å². The van der Waals surface area contributed by atoms with Gasteiger partial charge in [-0.3, -0.25) is 4.79 Å². The molecule has 100 valence electrons. The average molecular weight is 258 g/mol. The minimum absolute atomic E-state index is 0.0381. The van der Waals surface area contributed by atoms with E-state index in [1.165, 1.54) is 0 Å². The zero-order valence-electron chi connectivity index (χ0n) is 10.8. The zero-order chi connectivity index (χ0) is 13.7. The number of nitrogens with zero attached hydrogens (tertiary/aromatic N) is 1. The molecule has 4 heteroatoms. The van der Waals surface area contributed by atoms with Crippen LogP contribution >= 0.6 is 0 Å². The first-order valence-electron chi connectivity index (χ1n) is 6.63. The van der Waals surface area contributed by atoms with Gasteiger partial charge in [0.25, 0.3) is 0 Å². The van der Waals surface area contributed by atoms with Crippen molar-refractivity contribution in [3.8, 4) is 6.07 Å². The van der Waals surface area contributed by atoms with E-state index in [1.807, 2.05) is 6.07 Å². The zero-order valence-corrected chi connectivity index (χ0v) is 10.8. The van der Waals surface area contributed by atoms with Crippen molar-refractivity contribution in [1.29, 1.82) is 5.26 Å². The van der Waals surface area contributed by atoms with Crippen LogP contribution in [0.15, 0.2) is 24.3 Å². The lowest BCUT2D eigenvalue weighted by atomic mass is 10.1. The van der Waals surface area contributed by atoms with E-state index in [9.17, 15) is 9.90 Å². The minimum Gasteiger partial charge on any atom is -0.393 e. The first-order valence-corrected chi connectivity index (χ1v) is 6.63. The fraction of sp³-hybridized carbons (Fsp3) is 0.467. The first-order chi connectivity index (χ1) is 9.19. The number of aliphatic hydroxyl groups excluding tert-OH is 1. The molecule has 1 aromatic carbocycles. The lowest BCUT2D eigenvalue weighted by Gasteiger charge is -2.15. The van der Waals surface area contributed by atoms with Gasteiger partial charge in [-0.25, -0.2) is 0 Å². The summed E-state index contributed by atoms with van der Waals surface area (Å²) >= 11 is 0. The van der Waals surface area contributed by atoms with Gasteiger partial charge in [-0.1, -0.05) is 18.6 Å². The number of hydrogen-bond donors (Lipinski definition) is 2. The third-order valence-corrected chi connectivity index (χ3v) is 3.63. The Morgan fingerprint density at radius 3 is 2.68 bits per heavy atom. The van der Waals surface area contributed by atoms with Crippen LogP contribution in [-0.4, -0.2) is 23.7 Å². The number of carbonyl (C=O) groups excluding carboxylic acids is 1. The quantitative estimate of drug-likeness (QED) is 0.857. The highest BCUT2D eigenvalue weighted by molar-refractivity contribution is 5.78. The maximum atomic E-state index is 11.8. The van der Waals surface area contributed by atoms with Crippen LogP contribution in [0.3, 0.4) is 0 Å². The van der Waals surface area contributed by atoms with Crippen LogP contribution in [0.25, 0.3) is 0 Å². The van der Waals surface area contributed by atoms with Gasteiger partial charge in [-0.05, 0) is 30.5 Å². The van der Waals surface area contributed by atoms with Gasteiger partial charge in [0.1, 0.15) is 0 Å². The Hall–Kier alpha value is -1.86. The molecule has 0 radical (unpaired) electrons.